The molecule has 1 atom stereocenters. The Morgan fingerprint density at radius 2 is 1.55 bits per heavy atom. The molecule has 1 aliphatic rings. The monoisotopic (exact) mass is 561 g/mol. The van der Waals surface area contributed by atoms with Crippen LogP contribution in [-0.4, -0.2) is 54.5 Å². The number of nitrogens with zero attached hydrogens (tertiary/aromatic N) is 2. The van der Waals surface area contributed by atoms with E-state index in [9.17, 15) is 22.8 Å². The predicted molar refractivity (Wildman–Crippen MR) is 153 cm³/mol. The lowest BCUT2D eigenvalue weighted by atomic mass is 10.0. The van der Waals surface area contributed by atoms with Gasteiger partial charge in [-0.3, -0.25) is 14.4 Å². The summed E-state index contributed by atoms with van der Waals surface area (Å²) in [4.78, 5) is 41.7. The molecule has 0 bridgehead atoms. The Labute approximate surface area is 236 Å². The van der Waals surface area contributed by atoms with Crippen molar-refractivity contribution in [3.63, 3.8) is 0 Å². The third-order valence-electron chi connectivity index (χ3n) is 6.87. The quantitative estimate of drug-likeness (QED) is 0.382. The molecule has 0 saturated heterocycles. The highest BCUT2D eigenvalue weighted by Crippen LogP contribution is 2.30. The van der Waals surface area contributed by atoms with Crippen LogP contribution < -0.4 is 5.32 Å². The molecule has 0 unspecified atom stereocenters. The van der Waals surface area contributed by atoms with Gasteiger partial charge in [0.2, 0.25) is 11.8 Å². The fraction of sp³-hybridized carbons (Fsp3) is 0.323. The second-order valence-corrected chi connectivity index (χ2v) is 12.3. The summed E-state index contributed by atoms with van der Waals surface area (Å²) in [5.74, 6) is -1.13. The minimum absolute atomic E-state index is 0.0565. The fourth-order valence-electron chi connectivity index (χ4n) is 4.66. The summed E-state index contributed by atoms with van der Waals surface area (Å²) in [6, 6.07) is 22.4. The lowest BCUT2D eigenvalue weighted by molar-refractivity contribution is -0.141. The molecule has 8 nitrogen and oxygen atoms in total. The van der Waals surface area contributed by atoms with Crippen LogP contribution in [-0.2, 0) is 32.6 Å². The minimum atomic E-state index is -4.05. The van der Waals surface area contributed by atoms with Crippen LogP contribution in [0.15, 0.2) is 83.8 Å². The smallest absolute Gasteiger partial charge is 0.269 e. The second-order valence-electron chi connectivity index (χ2n) is 10.5. The van der Waals surface area contributed by atoms with E-state index in [1.165, 1.54) is 17.0 Å². The molecule has 3 aromatic carbocycles. The molecule has 3 aromatic rings. The Morgan fingerprint density at radius 3 is 2.20 bits per heavy atom. The molecule has 3 amide bonds. The average Bonchev–Trinajstić information content (AvgIpc) is 3.14. The lowest BCUT2D eigenvalue weighted by Crippen LogP contribution is -2.51. The van der Waals surface area contributed by atoms with Gasteiger partial charge >= 0.3 is 0 Å². The molecule has 4 rings (SSSR count). The number of fused-ring (bicyclic) bond motifs is 1. The highest BCUT2D eigenvalue weighted by atomic mass is 32.2. The van der Waals surface area contributed by atoms with E-state index >= 15 is 0 Å². The first-order valence-corrected chi connectivity index (χ1v) is 14.8. The number of sulfonamides is 1. The number of carbonyl (C=O) groups is 3. The van der Waals surface area contributed by atoms with E-state index in [1.807, 2.05) is 75.4 Å². The maximum absolute atomic E-state index is 13.8. The summed E-state index contributed by atoms with van der Waals surface area (Å²) in [6.45, 7) is 6.25. The molecule has 1 aliphatic heterocycles. The third kappa shape index (κ3) is 6.59. The van der Waals surface area contributed by atoms with Crippen molar-refractivity contribution in [3.05, 3.63) is 101 Å². The predicted octanol–water partition coefficient (Wildman–Crippen LogP) is 3.94. The molecule has 0 radical (unpaired) electrons. The normalized spacial score (nSPS) is 14.6. The molecule has 0 saturated carbocycles. The molecule has 1 heterocycles. The minimum Gasteiger partial charge on any atom is -0.354 e. The molecule has 1 N–H and O–H groups in total. The molecule has 0 aliphatic carbocycles. The number of aryl methyl sites for hydroxylation is 1. The molecule has 9 heteroatoms. The third-order valence-corrected chi connectivity index (χ3v) is 8.71. The van der Waals surface area contributed by atoms with Crippen LogP contribution in [0.4, 0.5) is 0 Å². The number of hydrogen-bond acceptors (Lipinski definition) is 5. The van der Waals surface area contributed by atoms with Gasteiger partial charge in [-0.1, -0.05) is 86.1 Å². The van der Waals surface area contributed by atoms with Crippen LogP contribution >= 0.6 is 0 Å². The number of hydrogen-bond donors (Lipinski definition) is 1. The SMILES string of the molecule is Cc1ccc(CN(C(=O)CCN2C(=O)c3ccccc3S2(=O)=O)[C@@H](Cc2ccccc2)C(=O)NCC(C)C)cc1. The molecule has 0 aromatic heterocycles. The summed E-state index contributed by atoms with van der Waals surface area (Å²) in [6.07, 6.45) is 0.0301. The first-order chi connectivity index (χ1) is 19.1. The van der Waals surface area contributed by atoms with Gasteiger partial charge in [0.1, 0.15) is 10.9 Å². The summed E-state index contributed by atoms with van der Waals surface area (Å²) in [5.41, 5.74) is 2.89. The van der Waals surface area contributed by atoms with Crippen molar-refractivity contribution in [2.24, 2.45) is 5.92 Å². The van der Waals surface area contributed by atoms with Crippen molar-refractivity contribution in [2.45, 2.75) is 51.1 Å². The zero-order valence-corrected chi connectivity index (χ0v) is 23.9. The number of rotatable bonds is 11. The summed E-state index contributed by atoms with van der Waals surface area (Å²) >= 11 is 0. The van der Waals surface area contributed by atoms with Crippen LogP contribution in [0.5, 0.6) is 0 Å². The molecule has 40 heavy (non-hydrogen) atoms. The maximum Gasteiger partial charge on any atom is 0.269 e. The van der Waals surface area contributed by atoms with E-state index < -0.39 is 27.9 Å². The van der Waals surface area contributed by atoms with Crippen LogP contribution in [0.1, 0.15) is 47.3 Å². The number of nitrogens with one attached hydrogen (secondary N) is 1. The van der Waals surface area contributed by atoms with Crippen LogP contribution in [0.2, 0.25) is 0 Å². The van der Waals surface area contributed by atoms with E-state index in [4.69, 9.17) is 0 Å². The lowest BCUT2D eigenvalue weighted by Gasteiger charge is -2.32. The van der Waals surface area contributed by atoms with E-state index in [2.05, 4.69) is 5.32 Å². The van der Waals surface area contributed by atoms with Crippen LogP contribution in [0, 0.1) is 12.8 Å². The van der Waals surface area contributed by atoms with Gasteiger partial charge in [-0.25, -0.2) is 12.7 Å². The molecule has 0 spiro atoms. The molecule has 210 valence electrons. The van der Waals surface area contributed by atoms with Gasteiger partial charge in [0.05, 0.1) is 5.56 Å². The van der Waals surface area contributed by atoms with Crippen molar-refractivity contribution in [1.82, 2.24) is 14.5 Å². The van der Waals surface area contributed by atoms with Crippen LogP contribution in [0.3, 0.4) is 0 Å². The number of carbonyl (C=O) groups excluding carboxylic acids is 3. The zero-order chi connectivity index (χ0) is 28.9. The van der Waals surface area contributed by atoms with Crippen molar-refractivity contribution >= 4 is 27.7 Å². The second kappa shape index (κ2) is 12.5. The standard InChI is InChI=1S/C31H35N3O5S/c1-22(2)20-32-30(36)27(19-24-9-5-4-6-10-24)33(21-25-15-13-23(3)14-16-25)29(35)17-18-34-31(37)26-11-7-8-12-28(26)40(34,38)39/h4-16,22,27H,17-21H2,1-3H3,(H,32,36)/t27-/m0/s1. The highest BCUT2D eigenvalue weighted by molar-refractivity contribution is 7.90. The van der Waals surface area contributed by atoms with Crippen molar-refractivity contribution in [1.29, 1.82) is 0 Å². The Hall–Kier alpha value is -3.98. The first kappa shape index (κ1) is 29.0. The van der Waals surface area contributed by atoms with E-state index in [0.717, 1.165) is 21.0 Å². The van der Waals surface area contributed by atoms with Crippen molar-refractivity contribution < 1.29 is 22.8 Å². The Bertz CT molecular complexity index is 1470. The first-order valence-electron chi connectivity index (χ1n) is 13.4. The van der Waals surface area contributed by atoms with Gasteiger partial charge in [0, 0.05) is 32.5 Å². The van der Waals surface area contributed by atoms with Gasteiger partial charge in [-0.05, 0) is 36.1 Å². The summed E-state index contributed by atoms with van der Waals surface area (Å²) in [7, 11) is -4.05. The molecular formula is C31H35N3O5S. The largest absolute Gasteiger partial charge is 0.354 e. The van der Waals surface area contributed by atoms with Gasteiger partial charge in [-0.15, -0.1) is 0 Å². The van der Waals surface area contributed by atoms with Crippen molar-refractivity contribution in [3.8, 4) is 0 Å². The average molecular weight is 562 g/mol. The zero-order valence-electron chi connectivity index (χ0n) is 23.0. The van der Waals surface area contributed by atoms with Gasteiger partial charge in [-0.2, -0.15) is 0 Å². The summed E-state index contributed by atoms with van der Waals surface area (Å²) in [5, 5.41) is 2.97. The number of benzene rings is 3. The Balaban J connectivity index is 1.63. The fourth-order valence-corrected chi connectivity index (χ4v) is 6.23. The Kier molecular flexibility index (Phi) is 9.04. The van der Waals surface area contributed by atoms with E-state index in [0.29, 0.717) is 6.54 Å². The number of amides is 3. The highest BCUT2D eigenvalue weighted by Gasteiger charge is 2.41. The van der Waals surface area contributed by atoms with Crippen molar-refractivity contribution in [2.75, 3.05) is 13.1 Å². The van der Waals surface area contributed by atoms with Gasteiger partial charge in [0.15, 0.2) is 0 Å². The molecule has 0 fully saturated rings. The van der Waals surface area contributed by atoms with E-state index in [1.54, 1.807) is 12.1 Å². The molecular weight excluding hydrogens is 526 g/mol. The summed E-state index contributed by atoms with van der Waals surface area (Å²) < 4.78 is 26.9. The topological polar surface area (TPSA) is 104 Å². The van der Waals surface area contributed by atoms with Gasteiger partial charge < -0.3 is 10.2 Å². The Morgan fingerprint density at radius 1 is 0.900 bits per heavy atom. The van der Waals surface area contributed by atoms with Gasteiger partial charge in [0.25, 0.3) is 15.9 Å². The van der Waals surface area contributed by atoms with E-state index in [-0.39, 0.29) is 48.2 Å². The van der Waals surface area contributed by atoms with Crippen LogP contribution in [0.25, 0.3) is 0 Å². The maximum atomic E-state index is 13.8.